The second-order valence-electron chi connectivity index (χ2n) is 7.43. The number of fused-ring (bicyclic) bond motifs is 1. The van der Waals surface area contributed by atoms with Crippen molar-refractivity contribution in [2.24, 2.45) is 0 Å². The fourth-order valence-corrected chi connectivity index (χ4v) is 3.62. The van der Waals surface area contributed by atoms with E-state index in [9.17, 15) is 9.59 Å². The summed E-state index contributed by atoms with van der Waals surface area (Å²) in [5.74, 6) is 0.782. The van der Waals surface area contributed by atoms with Gasteiger partial charge in [0.1, 0.15) is 5.75 Å². The summed E-state index contributed by atoms with van der Waals surface area (Å²) in [6, 6.07) is 15.5. The number of carbonyl (C=O) groups excluding carboxylic acids is 2. The van der Waals surface area contributed by atoms with Crippen LogP contribution in [-0.4, -0.2) is 65.8 Å². The zero-order valence-electron chi connectivity index (χ0n) is 16.6. The summed E-state index contributed by atoms with van der Waals surface area (Å²) in [6.07, 6.45) is 1.79. The SMILES string of the molecule is Cc1ccc(OCC(=O)N2CCN(CC(=O)c3c[nH]c4ccccc34)CC2)cc1. The van der Waals surface area contributed by atoms with Crippen LogP contribution in [0.4, 0.5) is 0 Å². The highest BCUT2D eigenvalue weighted by Gasteiger charge is 2.23. The van der Waals surface area contributed by atoms with Crippen molar-refractivity contribution < 1.29 is 14.3 Å². The number of piperazine rings is 1. The maximum Gasteiger partial charge on any atom is 0.260 e. The maximum absolute atomic E-state index is 12.7. The minimum atomic E-state index is -0.0202. The maximum atomic E-state index is 12.7. The van der Waals surface area contributed by atoms with Crippen LogP contribution in [0.1, 0.15) is 15.9 Å². The molecule has 150 valence electrons. The first-order valence-corrected chi connectivity index (χ1v) is 9.89. The van der Waals surface area contributed by atoms with Crippen molar-refractivity contribution in [3.05, 3.63) is 65.9 Å². The fourth-order valence-electron chi connectivity index (χ4n) is 3.62. The molecule has 6 heteroatoms. The number of aromatic amines is 1. The zero-order chi connectivity index (χ0) is 20.2. The summed E-state index contributed by atoms with van der Waals surface area (Å²) in [6.45, 7) is 5.00. The van der Waals surface area contributed by atoms with Crippen molar-refractivity contribution in [1.82, 2.24) is 14.8 Å². The van der Waals surface area contributed by atoms with Gasteiger partial charge in [-0.2, -0.15) is 0 Å². The summed E-state index contributed by atoms with van der Waals surface area (Å²) in [4.78, 5) is 32.2. The van der Waals surface area contributed by atoms with Crippen molar-refractivity contribution in [2.45, 2.75) is 6.92 Å². The highest BCUT2D eigenvalue weighted by molar-refractivity contribution is 6.08. The number of amides is 1. The van der Waals surface area contributed by atoms with E-state index in [-0.39, 0.29) is 18.3 Å². The molecule has 0 spiro atoms. The van der Waals surface area contributed by atoms with Crippen LogP contribution in [-0.2, 0) is 4.79 Å². The van der Waals surface area contributed by atoms with E-state index in [1.807, 2.05) is 55.5 Å². The van der Waals surface area contributed by atoms with E-state index in [4.69, 9.17) is 4.74 Å². The number of rotatable bonds is 6. The lowest BCUT2D eigenvalue weighted by Gasteiger charge is -2.34. The Morgan fingerprint density at radius 3 is 2.48 bits per heavy atom. The summed E-state index contributed by atoms with van der Waals surface area (Å²) in [5.41, 5.74) is 2.85. The topological polar surface area (TPSA) is 65.6 Å². The van der Waals surface area contributed by atoms with E-state index in [0.29, 0.717) is 38.5 Å². The molecule has 1 aliphatic heterocycles. The van der Waals surface area contributed by atoms with Crippen molar-refractivity contribution in [2.75, 3.05) is 39.3 Å². The predicted octanol–water partition coefficient (Wildman–Crippen LogP) is 2.88. The van der Waals surface area contributed by atoms with E-state index in [1.54, 1.807) is 11.1 Å². The molecule has 6 nitrogen and oxygen atoms in total. The van der Waals surface area contributed by atoms with Gasteiger partial charge in [0.05, 0.1) is 6.54 Å². The molecule has 1 fully saturated rings. The molecule has 3 aromatic rings. The number of nitrogens with one attached hydrogen (secondary N) is 1. The molecule has 2 heterocycles. The molecule has 4 rings (SSSR count). The third-order valence-electron chi connectivity index (χ3n) is 5.37. The Morgan fingerprint density at radius 1 is 1.00 bits per heavy atom. The molecule has 0 bridgehead atoms. The number of para-hydroxylation sites is 1. The average molecular weight is 391 g/mol. The van der Waals surface area contributed by atoms with E-state index < -0.39 is 0 Å². The van der Waals surface area contributed by atoms with Gasteiger partial charge < -0.3 is 14.6 Å². The van der Waals surface area contributed by atoms with Gasteiger partial charge in [-0.1, -0.05) is 35.9 Å². The van der Waals surface area contributed by atoms with Crippen molar-refractivity contribution >= 4 is 22.6 Å². The molecule has 0 saturated carbocycles. The molecule has 0 atom stereocenters. The van der Waals surface area contributed by atoms with Gasteiger partial charge in [-0.05, 0) is 25.1 Å². The van der Waals surface area contributed by atoms with Crippen LogP contribution in [0.5, 0.6) is 5.75 Å². The number of ether oxygens (including phenoxy) is 1. The largest absolute Gasteiger partial charge is 0.484 e. The number of nitrogens with zero attached hydrogens (tertiary/aromatic N) is 2. The average Bonchev–Trinajstić information content (AvgIpc) is 3.18. The van der Waals surface area contributed by atoms with E-state index in [1.165, 1.54) is 0 Å². The first-order chi connectivity index (χ1) is 14.1. The third kappa shape index (κ3) is 4.49. The summed E-state index contributed by atoms with van der Waals surface area (Å²) < 4.78 is 5.59. The Morgan fingerprint density at radius 2 is 1.72 bits per heavy atom. The van der Waals surface area contributed by atoms with Gasteiger partial charge in [-0.15, -0.1) is 0 Å². The van der Waals surface area contributed by atoms with Crippen LogP contribution in [0.25, 0.3) is 10.9 Å². The first kappa shape index (κ1) is 19.2. The number of benzene rings is 2. The van der Waals surface area contributed by atoms with Crippen LogP contribution < -0.4 is 4.74 Å². The summed E-state index contributed by atoms with van der Waals surface area (Å²) in [7, 11) is 0. The Bertz CT molecular complexity index is 1000. The first-order valence-electron chi connectivity index (χ1n) is 9.89. The standard InChI is InChI=1S/C23H25N3O3/c1-17-6-8-18(9-7-17)29-16-23(28)26-12-10-25(11-13-26)15-22(27)20-14-24-21-5-3-2-4-19(20)21/h2-9,14,24H,10-13,15-16H2,1H3. The molecular formula is C23H25N3O3. The lowest BCUT2D eigenvalue weighted by molar-refractivity contribution is -0.135. The summed E-state index contributed by atoms with van der Waals surface area (Å²) >= 11 is 0. The second-order valence-corrected chi connectivity index (χ2v) is 7.43. The number of carbonyl (C=O) groups is 2. The third-order valence-corrected chi connectivity index (χ3v) is 5.37. The van der Waals surface area contributed by atoms with Gasteiger partial charge >= 0.3 is 0 Å². The zero-order valence-corrected chi connectivity index (χ0v) is 16.6. The van der Waals surface area contributed by atoms with Gasteiger partial charge in [0, 0.05) is 48.8 Å². The van der Waals surface area contributed by atoms with Gasteiger partial charge in [0.25, 0.3) is 5.91 Å². The van der Waals surface area contributed by atoms with Crippen LogP contribution in [0.15, 0.2) is 54.7 Å². The minimum absolute atomic E-state index is 0.0202. The highest BCUT2D eigenvalue weighted by Crippen LogP contribution is 2.19. The summed E-state index contributed by atoms with van der Waals surface area (Å²) in [5, 5.41) is 0.958. The Kier molecular flexibility index (Phi) is 5.62. The molecule has 0 aliphatic carbocycles. The normalized spacial score (nSPS) is 14.9. The molecule has 1 saturated heterocycles. The molecule has 0 unspecified atom stereocenters. The lowest BCUT2D eigenvalue weighted by atomic mass is 10.1. The van der Waals surface area contributed by atoms with Gasteiger partial charge in [-0.3, -0.25) is 14.5 Å². The van der Waals surface area contributed by atoms with Crippen LogP contribution in [0, 0.1) is 6.92 Å². The second kappa shape index (κ2) is 8.49. The highest BCUT2D eigenvalue weighted by atomic mass is 16.5. The van der Waals surface area contributed by atoms with Crippen LogP contribution in [0.2, 0.25) is 0 Å². The van der Waals surface area contributed by atoms with Crippen molar-refractivity contribution in [3.8, 4) is 5.75 Å². The van der Waals surface area contributed by atoms with Gasteiger partial charge in [0.15, 0.2) is 12.4 Å². The molecule has 1 aliphatic rings. The van der Waals surface area contributed by atoms with Crippen LogP contribution in [0.3, 0.4) is 0 Å². The number of hydrogen-bond donors (Lipinski definition) is 1. The minimum Gasteiger partial charge on any atom is -0.484 e. The molecule has 1 N–H and O–H groups in total. The number of aryl methyl sites for hydroxylation is 1. The van der Waals surface area contributed by atoms with Crippen molar-refractivity contribution in [3.63, 3.8) is 0 Å². The number of Topliss-reactive ketones (excluding diaryl/α,β-unsaturated/α-hetero) is 1. The molecular weight excluding hydrogens is 366 g/mol. The molecule has 2 aromatic carbocycles. The number of aromatic nitrogens is 1. The smallest absolute Gasteiger partial charge is 0.260 e. The lowest BCUT2D eigenvalue weighted by Crippen LogP contribution is -2.51. The van der Waals surface area contributed by atoms with E-state index in [0.717, 1.165) is 22.0 Å². The molecule has 1 aromatic heterocycles. The van der Waals surface area contributed by atoms with Gasteiger partial charge in [0.2, 0.25) is 0 Å². The predicted molar refractivity (Wildman–Crippen MR) is 112 cm³/mol. The Labute approximate surface area is 170 Å². The monoisotopic (exact) mass is 391 g/mol. The van der Waals surface area contributed by atoms with E-state index in [2.05, 4.69) is 9.88 Å². The van der Waals surface area contributed by atoms with E-state index >= 15 is 0 Å². The number of H-pyrrole nitrogens is 1. The quantitative estimate of drug-likeness (QED) is 0.656. The fraction of sp³-hybridized carbons (Fsp3) is 0.304. The number of hydrogen-bond acceptors (Lipinski definition) is 4. The van der Waals surface area contributed by atoms with Crippen LogP contribution >= 0.6 is 0 Å². The van der Waals surface area contributed by atoms with Crippen molar-refractivity contribution in [1.29, 1.82) is 0 Å². The number of ketones is 1. The Balaban J connectivity index is 1.26. The Hall–Kier alpha value is -3.12. The van der Waals surface area contributed by atoms with Gasteiger partial charge in [-0.25, -0.2) is 0 Å². The molecule has 1 amide bonds. The molecule has 0 radical (unpaired) electrons. The molecule has 29 heavy (non-hydrogen) atoms.